The first kappa shape index (κ1) is 19.2. The number of nitrogens with two attached hydrogens (primary N) is 1. The number of aromatic nitrogens is 1. The Bertz CT molecular complexity index is 1050. The van der Waals surface area contributed by atoms with Crippen LogP contribution in [-0.2, 0) is 10.0 Å². The van der Waals surface area contributed by atoms with Crippen molar-refractivity contribution in [1.29, 1.82) is 0 Å². The van der Waals surface area contributed by atoms with Crippen molar-refractivity contribution in [1.82, 2.24) is 9.88 Å². The summed E-state index contributed by atoms with van der Waals surface area (Å²) in [5.41, 5.74) is 2.15. The Morgan fingerprint density at radius 3 is 2.33 bits per heavy atom. The molecule has 0 saturated heterocycles. The minimum atomic E-state index is -3.74. The van der Waals surface area contributed by atoms with Gasteiger partial charge in [-0.25, -0.2) is 18.5 Å². The van der Waals surface area contributed by atoms with Crippen molar-refractivity contribution in [2.24, 2.45) is 5.14 Å². The Hall–Kier alpha value is -2.55. The van der Waals surface area contributed by atoms with Gasteiger partial charge in [-0.2, -0.15) is 0 Å². The molecule has 140 valence electrons. The highest BCUT2D eigenvalue weighted by atomic mass is 32.2. The molecule has 1 amide bonds. The molecule has 3 rings (SSSR count). The fourth-order valence-electron chi connectivity index (χ4n) is 2.60. The van der Waals surface area contributed by atoms with E-state index in [0.717, 1.165) is 16.1 Å². The monoisotopic (exact) mass is 401 g/mol. The maximum atomic E-state index is 12.8. The number of benzene rings is 2. The van der Waals surface area contributed by atoms with E-state index in [1.54, 1.807) is 29.5 Å². The van der Waals surface area contributed by atoms with Crippen LogP contribution in [0.2, 0.25) is 0 Å². The molecule has 0 saturated carbocycles. The van der Waals surface area contributed by atoms with E-state index in [-0.39, 0.29) is 16.8 Å². The second kappa shape index (κ2) is 7.59. The fraction of sp³-hybridized carbons (Fsp3) is 0.158. The number of nitrogens with zero attached hydrogens (tertiary/aromatic N) is 2. The van der Waals surface area contributed by atoms with Gasteiger partial charge in [0.1, 0.15) is 10.7 Å². The number of hydrogen-bond donors (Lipinski definition) is 1. The van der Waals surface area contributed by atoms with Crippen molar-refractivity contribution < 1.29 is 13.2 Å². The van der Waals surface area contributed by atoms with Gasteiger partial charge in [-0.3, -0.25) is 4.79 Å². The highest BCUT2D eigenvalue weighted by molar-refractivity contribution is 7.89. The summed E-state index contributed by atoms with van der Waals surface area (Å²) in [6.07, 6.45) is 0. The Balaban J connectivity index is 1.78. The normalized spacial score (nSPS) is 12.6. The van der Waals surface area contributed by atoms with E-state index in [9.17, 15) is 13.2 Å². The standard InChI is InChI=1S/C19H19N3O3S2/c1-13(14-8-10-16(11-9-14)27(20,24)25)22(2)19(23)17-12-26-18(21-17)15-6-4-3-5-7-15/h3-13H,1-2H3,(H2,20,24,25). The molecule has 1 heterocycles. The molecule has 0 radical (unpaired) electrons. The predicted molar refractivity (Wildman–Crippen MR) is 106 cm³/mol. The number of carbonyl (C=O) groups excluding carboxylic acids is 1. The molecule has 1 unspecified atom stereocenters. The molecule has 8 heteroatoms. The topological polar surface area (TPSA) is 93.4 Å². The second-order valence-electron chi connectivity index (χ2n) is 6.11. The van der Waals surface area contributed by atoms with Gasteiger partial charge in [-0.05, 0) is 24.6 Å². The molecule has 0 fully saturated rings. The minimum absolute atomic E-state index is 0.0411. The van der Waals surface area contributed by atoms with E-state index in [0.29, 0.717) is 5.69 Å². The summed E-state index contributed by atoms with van der Waals surface area (Å²) < 4.78 is 22.7. The predicted octanol–water partition coefficient (Wildman–Crippen LogP) is 3.29. The van der Waals surface area contributed by atoms with Gasteiger partial charge in [0.05, 0.1) is 10.9 Å². The largest absolute Gasteiger partial charge is 0.334 e. The van der Waals surface area contributed by atoms with Gasteiger partial charge in [0.15, 0.2) is 0 Å². The molecule has 0 aliphatic carbocycles. The lowest BCUT2D eigenvalue weighted by molar-refractivity contribution is 0.0737. The van der Waals surface area contributed by atoms with Gasteiger partial charge in [-0.1, -0.05) is 42.5 Å². The Labute approximate surface area is 162 Å². The van der Waals surface area contributed by atoms with E-state index in [4.69, 9.17) is 5.14 Å². The minimum Gasteiger partial charge on any atom is -0.334 e. The van der Waals surface area contributed by atoms with Crippen LogP contribution in [0.4, 0.5) is 0 Å². The first-order valence-corrected chi connectivity index (χ1v) is 10.6. The van der Waals surface area contributed by atoms with Crippen LogP contribution in [-0.4, -0.2) is 31.3 Å². The smallest absolute Gasteiger partial charge is 0.273 e. The molecule has 27 heavy (non-hydrogen) atoms. The first-order chi connectivity index (χ1) is 12.8. The molecular formula is C19H19N3O3S2. The van der Waals surface area contributed by atoms with Gasteiger partial charge in [-0.15, -0.1) is 11.3 Å². The molecule has 0 aliphatic rings. The first-order valence-electron chi connectivity index (χ1n) is 8.18. The molecule has 1 aromatic heterocycles. The van der Waals surface area contributed by atoms with Crippen LogP contribution in [0.15, 0.2) is 64.9 Å². The van der Waals surface area contributed by atoms with Crippen molar-refractivity contribution in [3.8, 4) is 10.6 Å². The lowest BCUT2D eigenvalue weighted by Gasteiger charge is -2.24. The Kier molecular flexibility index (Phi) is 5.41. The van der Waals surface area contributed by atoms with Crippen LogP contribution < -0.4 is 5.14 Å². The summed E-state index contributed by atoms with van der Waals surface area (Å²) in [6, 6.07) is 15.6. The van der Waals surface area contributed by atoms with Gasteiger partial charge in [0, 0.05) is 18.0 Å². The molecule has 0 aliphatic heterocycles. The Morgan fingerprint density at radius 2 is 1.74 bits per heavy atom. The average Bonchev–Trinajstić information content (AvgIpc) is 3.16. The third kappa shape index (κ3) is 4.24. The zero-order valence-electron chi connectivity index (χ0n) is 14.9. The second-order valence-corrected chi connectivity index (χ2v) is 8.53. The summed E-state index contributed by atoms with van der Waals surface area (Å²) >= 11 is 1.42. The molecule has 3 aromatic rings. The van der Waals surface area contributed by atoms with Crippen LogP contribution in [0, 0.1) is 0 Å². The number of thiazole rings is 1. The molecule has 0 bridgehead atoms. The highest BCUT2D eigenvalue weighted by Crippen LogP contribution is 2.26. The number of primary sulfonamides is 1. The summed E-state index contributed by atoms with van der Waals surface area (Å²) in [4.78, 5) is 18.9. The number of amides is 1. The average molecular weight is 402 g/mol. The lowest BCUT2D eigenvalue weighted by atomic mass is 10.1. The van der Waals surface area contributed by atoms with Crippen LogP contribution in [0.3, 0.4) is 0 Å². The fourth-order valence-corrected chi connectivity index (χ4v) is 3.92. The van der Waals surface area contributed by atoms with Crippen LogP contribution in [0.5, 0.6) is 0 Å². The van der Waals surface area contributed by atoms with Gasteiger partial charge in [0.2, 0.25) is 10.0 Å². The summed E-state index contributed by atoms with van der Waals surface area (Å²) in [5, 5.41) is 7.66. The molecule has 0 spiro atoms. The van der Waals surface area contributed by atoms with Crippen molar-refractivity contribution in [3.05, 3.63) is 71.2 Å². The van der Waals surface area contributed by atoms with E-state index in [1.165, 1.54) is 23.5 Å². The van der Waals surface area contributed by atoms with Crippen molar-refractivity contribution in [2.45, 2.75) is 17.9 Å². The SMILES string of the molecule is CC(c1ccc(S(N)(=O)=O)cc1)N(C)C(=O)c1csc(-c2ccccc2)n1. The van der Waals surface area contributed by atoms with E-state index in [2.05, 4.69) is 4.98 Å². The zero-order chi connectivity index (χ0) is 19.6. The molecule has 2 aromatic carbocycles. The number of rotatable bonds is 5. The molecular weight excluding hydrogens is 382 g/mol. The van der Waals surface area contributed by atoms with Gasteiger partial charge >= 0.3 is 0 Å². The number of carbonyl (C=O) groups is 1. The Morgan fingerprint density at radius 1 is 1.11 bits per heavy atom. The van der Waals surface area contributed by atoms with Crippen molar-refractivity contribution >= 4 is 27.3 Å². The van der Waals surface area contributed by atoms with Crippen LogP contribution >= 0.6 is 11.3 Å². The highest BCUT2D eigenvalue weighted by Gasteiger charge is 2.22. The third-order valence-corrected chi connectivity index (χ3v) is 6.16. The zero-order valence-corrected chi connectivity index (χ0v) is 16.5. The summed E-state index contributed by atoms with van der Waals surface area (Å²) in [6.45, 7) is 1.87. The third-order valence-electron chi connectivity index (χ3n) is 4.34. The maximum Gasteiger partial charge on any atom is 0.273 e. The van der Waals surface area contributed by atoms with E-state index in [1.807, 2.05) is 37.3 Å². The van der Waals surface area contributed by atoms with Gasteiger partial charge in [0.25, 0.3) is 5.91 Å². The van der Waals surface area contributed by atoms with Gasteiger partial charge < -0.3 is 4.90 Å². The number of hydrogen-bond acceptors (Lipinski definition) is 5. The van der Waals surface area contributed by atoms with Crippen LogP contribution in [0.25, 0.3) is 10.6 Å². The maximum absolute atomic E-state index is 12.8. The van der Waals surface area contributed by atoms with E-state index >= 15 is 0 Å². The molecule has 1 atom stereocenters. The quantitative estimate of drug-likeness (QED) is 0.710. The number of sulfonamides is 1. The molecule has 6 nitrogen and oxygen atoms in total. The van der Waals surface area contributed by atoms with Crippen molar-refractivity contribution in [3.63, 3.8) is 0 Å². The van der Waals surface area contributed by atoms with Crippen LogP contribution in [0.1, 0.15) is 29.0 Å². The van der Waals surface area contributed by atoms with Crippen molar-refractivity contribution in [2.75, 3.05) is 7.05 Å². The summed E-state index contributed by atoms with van der Waals surface area (Å²) in [5.74, 6) is -0.198. The molecule has 2 N–H and O–H groups in total. The van der Waals surface area contributed by atoms with E-state index < -0.39 is 10.0 Å². The summed E-state index contributed by atoms with van der Waals surface area (Å²) in [7, 11) is -2.04. The lowest BCUT2D eigenvalue weighted by Crippen LogP contribution is -2.30.